The first-order chi connectivity index (χ1) is 9.66. The number of carboxylic acids is 1. The maximum Gasteiger partial charge on any atom is 0.362 e. The average molecular weight is 271 g/mol. The van der Waals surface area contributed by atoms with Gasteiger partial charge in [-0.05, 0) is 48.3 Å². The molecule has 2 N–H and O–H groups in total. The van der Waals surface area contributed by atoms with Crippen LogP contribution in [-0.2, 0) is 5.41 Å². The lowest BCUT2D eigenvalue weighted by Gasteiger charge is -2.62. The number of benzene rings is 1. The first-order valence-electron chi connectivity index (χ1n) is 6.59. The van der Waals surface area contributed by atoms with Crippen LogP contribution in [0.15, 0.2) is 24.3 Å². The monoisotopic (exact) mass is 271 g/mol. The molecule has 3 saturated carbocycles. The third-order valence-corrected chi connectivity index (χ3v) is 4.44. The first-order valence-corrected chi connectivity index (χ1v) is 6.59. The summed E-state index contributed by atoms with van der Waals surface area (Å²) in [6.45, 7) is 0. The largest absolute Gasteiger partial charge is 0.476 e. The minimum absolute atomic E-state index is 0.0516. The van der Waals surface area contributed by atoms with Gasteiger partial charge in [-0.25, -0.2) is 9.89 Å². The molecule has 3 aliphatic carbocycles. The van der Waals surface area contributed by atoms with Gasteiger partial charge in [-0.15, -0.1) is 5.10 Å². The zero-order chi connectivity index (χ0) is 13.7. The van der Waals surface area contributed by atoms with Crippen LogP contribution in [0.5, 0.6) is 11.6 Å². The van der Waals surface area contributed by atoms with Crippen LogP contribution in [0.2, 0.25) is 0 Å². The molecule has 2 bridgehead atoms. The highest BCUT2D eigenvalue weighted by atomic mass is 16.5. The van der Waals surface area contributed by atoms with Crippen LogP contribution < -0.4 is 4.74 Å². The molecule has 20 heavy (non-hydrogen) atoms. The lowest BCUT2D eigenvalue weighted by atomic mass is 9.42. The molecule has 6 heteroatoms. The van der Waals surface area contributed by atoms with E-state index in [-0.39, 0.29) is 11.6 Å². The minimum Gasteiger partial charge on any atom is -0.476 e. The number of aromatic carboxylic acids is 1. The van der Waals surface area contributed by atoms with Crippen LogP contribution in [0.1, 0.15) is 35.3 Å². The summed E-state index contributed by atoms with van der Waals surface area (Å²) >= 11 is 0. The average Bonchev–Trinajstić information content (AvgIpc) is 2.76. The molecule has 0 spiro atoms. The van der Waals surface area contributed by atoms with Gasteiger partial charge in [0.25, 0.3) is 5.88 Å². The normalized spacial score (nSPS) is 26.5. The standard InChI is InChI=1S/C14H13N3O3/c18-13(19)11-12(16-17-15-11)20-10-3-1-9(2-4-10)14-5-8(6-14)7-14/h1-4,8H,5-7H2,(H,18,19)(H,15,16,17). The van der Waals surface area contributed by atoms with Crippen molar-refractivity contribution in [3.05, 3.63) is 35.5 Å². The lowest BCUT2D eigenvalue weighted by molar-refractivity contribution is -0.0274. The number of H-pyrrole nitrogens is 1. The molecule has 5 rings (SSSR count). The van der Waals surface area contributed by atoms with Crippen LogP contribution in [-0.4, -0.2) is 26.5 Å². The molecule has 0 unspecified atom stereocenters. The van der Waals surface area contributed by atoms with Gasteiger partial charge in [0.15, 0.2) is 0 Å². The molecular formula is C14H13N3O3. The summed E-state index contributed by atoms with van der Waals surface area (Å²) in [6, 6.07) is 7.86. The van der Waals surface area contributed by atoms with Crippen LogP contribution in [0, 0.1) is 5.92 Å². The van der Waals surface area contributed by atoms with Crippen LogP contribution in [0.3, 0.4) is 0 Å². The lowest BCUT2D eigenvalue weighted by Crippen LogP contribution is -2.55. The van der Waals surface area contributed by atoms with E-state index in [1.54, 1.807) is 0 Å². The fourth-order valence-electron chi connectivity index (χ4n) is 3.26. The fourth-order valence-corrected chi connectivity index (χ4v) is 3.26. The number of hydrogen-bond acceptors (Lipinski definition) is 4. The van der Waals surface area contributed by atoms with Gasteiger partial charge >= 0.3 is 5.97 Å². The van der Waals surface area contributed by atoms with Gasteiger partial charge < -0.3 is 9.84 Å². The molecule has 0 radical (unpaired) electrons. The third kappa shape index (κ3) is 1.54. The summed E-state index contributed by atoms with van der Waals surface area (Å²) in [5, 5.41) is 18.3. The van der Waals surface area contributed by atoms with Crippen molar-refractivity contribution in [1.29, 1.82) is 0 Å². The first kappa shape index (κ1) is 11.5. The summed E-state index contributed by atoms with van der Waals surface area (Å²) in [5.74, 6) is 0.406. The maximum absolute atomic E-state index is 10.9. The molecule has 2 aromatic rings. The Balaban J connectivity index is 1.54. The molecule has 0 aliphatic heterocycles. The van der Waals surface area contributed by atoms with Crippen molar-refractivity contribution in [2.24, 2.45) is 5.92 Å². The van der Waals surface area contributed by atoms with Crippen molar-refractivity contribution < 1.29 is 14.6 Å². The molecule has 3 aliphatic rings. The number of carbonyl (C=O) groups is 1. The summed E-state index contributed by atoms with van der Waals surface area (Å²) in [6.07, 6.45) is 3.92. The minimum atomic E-state index is -1.17. The van der Waals surface area contributed by atoms with E-state index in [1.165, 1.54) is 24.8 Å². The second-order valence-electron chi connectivity index (χ2n) is 5.68. The van der Waals surface area contributed by atoms with E-state index in [9.17, 15) is 4.79 Å². The van der Waals surface area contributed by atoms with Gasteiger partial charge in [-0.3, -0.25) is 0 Å². The van der Waals surface area contributed by atoms with E-state index < -0.39 is 5.97 Å². The fraction of sp³-hybridized carbons (Fsp3) is 0.357. The number of nitrogens with zero attached hydrogens (tertiary/aromatic N) is 2. The Hall–Kier alpha value is -2.37. The third-order valence-electron chi connectivity index (χ3n) is 4.44. The summed E-state index contributed by atoms with van der Waals surface area (Å²) in [4.78, 5) is 10.9. The predicted octanol–water partition coefficient (Wildman–Crippen LogP) is 2.35. The molecule has 0 atom stereocenters. The van der Waals surface area contributed by atoms with E-state index in [0.717, 1.165) is 5.92 Å². The van der Waals surface area contributed by atoms with E-state index in [0.29, 0.717) is 11.2 Å². The van der Waals surface area contributed by atoms with Crippen LogP contribution >= 0.6 is 0 Å². The Kier molecular flexibility index (Phi) is 2.19. The van der Waals surface area contributed by atoms with E-state index in [1.807, 2.05) is 12.1 Å². The number of hydrogen-bond donors (Lipinski definition) is 2. The highest BCUT2D eigenvalue weighted by Gasteiger charge is 2.57. The highest BCUT2D eigenvalue weighted by molar-refractivity contribution is 5.87. The Bertz CT molecular complexity index is 660. The molecular weight excluding hydrogens is 258 g/mol. The van der Waals surface area contributed by atoms with Crippen molar-refractivity contribution in [2.75, 3.05) is 0 Å². The number of aromatic nitrogens is 3. The van der Waals surface area contributed by atoms with Gasteiger partial charge in [-0.2, -0.15) is 0 Å². The second kappa shape index (κ2) is 3.82. The number of aromatic amines is 1. The summed E-state index contributed by atoms with van der Waals surface area (Å²) in [5.41, 5.74) is 1.56. The van der Waals surface area contributed by atoms with Crippen molar-refractivity contribution in [3.8, 4) is 11.6 Å². The summed E-state index contributed by atoms with van der Waals surface area (Å²) < 4.78 is 5.48. The Morgan fingerprint density at radius 1 is 1.30 bits per heavy atom. The molecule has 1 aromatic heterocycles. The SMILES string of the molecule is O=C(O)c1nn[nH]c1Oc1ccc(C23CC(C2)C3)cc1. The molecule has 1 heterocycles. The van der Waals surface area contributed by atoms with Gasteiger partial charge in [0, 0.05) is 0 Å². The topological polar surface area (TPSA) is 88.1 Å². The van der Waals surface area contributed by atoms with Gasteiger partial charge in [-0.1, -0.05) is 17.3 Å². The molecule has 1 aromatic carbocycles. The Morgan fingerprint density at radius 3 is 2.55 bits per heavy atom. The zero-order valence-corrected chi connectivity index (χ0v) is 10.7. The Morgan fingerprint density at radius 2 is 2.00 bits per heavy atom. The molecule has 6 nitrogen and oxygen atoms in total. The number of carboxylic acid groups (broad SMARTS) is 1. The van der Waals surface area contributed by atoms with E-state index in [4.69, 9.17) is 9.84 Å². The van der Waals surface area contributed by atoms with Crippen molar-refractivity contribution in [3.63, 3.8) is 0 Å². The van der Waals surface area contributed by atoms with Crippen molar-refractivity contribution >= 4 is 5.97 Å². The van der Waals surface area contributed by atoms with E-state index >= 15 is 0 Å². The van der Waals surface area contributed by atoms with Crippen LogP contribution in [0.25, 0.3) is 0 Å². The summed E-state index contributed by atoms with van der Waals surface area (Å²) in [7, 11) is 0. The zero-order valence-electron chi connectivity index (χ0n) is 10.7. The van der Waals surface area contributed by atoms with Crippen LogP contribution in [0.4, 0.5) is 0 Å². The van der Waals surface area contributed by atoms with Gasteiger partial charge in [0.2, 0.25) is 5.69 Å². The van der Waals surface area contributed by atoms with Crippen molar-refractivity contribution in [2.45, 2.75) is 24.7 Å². The smallest absolute Gasteiger partial charge is 0.362 e. The number of ether oxygens (including phenoxy) is 1. The molecule has 0 saturated heterocycles. The predicted molar refractivity (Wildman–Crippen MR) is 68.9 cm³/mol. The van der Waals surface area contributed by atoms with Gasteiger partial charge in [0.1, 0.15) is 5.75 Å². The molecule has 0 amide bonds. The second-order valence-corrected chi connectivity index (χ2v) is 5.68. The molecule has 3 fully saturated rings. The quantitative estimate of drug-likeness (QED) is 0.891. The highest BCUT2D eigenvalue weighted by Crippen LogP contribution is 2.65. The number of rotatable bonds is 4. The van der Waals surface area contributed by atoms with E-state index in [2.05, 4.69) is 27.5 Å². The maximum atomic E-state index is 10.9. The van der Waals surface area contributed by atoms with Crippen molar-refractivity contribution in [1.82, 2.24) is 15.4 Å². The van der Waals surface area contributed by atoms with Gasteiger partial charge in [0.05, 0.1) is 0 Å². The Labute approximate surface area is 114 Å². The number of nitrogens with one attached hydrogen (secondary N) is 1. The molecule has 102 valence electrons.